The van der Waals surface area contributed by atoms with Crippen LogP contribution in [0.4, 0.5) is 0 Å². The fourth-order valence-corrected chi connectivity index (χ4v) is 4.71. The van der Waals surface area contributed by atoms with Crippen molar-refractivity contribution < 1.29 is 13.2 Å². The highest BCUT2D eigenvalue weighted by Crippen LogP contribution is 2.22. The van der Waals surface area contributed by atoms with Gasteiger partial charge in [0.05, 0.1) is 17.6 Å². The van der Waals surface area contributed by atoms with E-state index in [4.69, 9.17) is 22.7 Å². The number of hydrogen-bond acceptors (Lipinski definition) is 5. The van der Waals surface area contributed by atoms with Gasteiger partial charge >= 0.3 is 0 Å². The molecule has 1 heterocycles. The minimum absolute atomic E-state index is 0.210. The summed E-state index contributed by atoms with van der Waals surface area (Å²) >= 11 is 5.91. The second kappa shape index (κ2) is 7.64. The summed E-state index contributed by atoms with van der Waals surface area (Å²) in [6.45, 7) is 0.677. The van der Waals surface area contributed by atoms with Crippen LogP contribution in [0.5, 0.6) is 0 Å². The van der Waals surface area contributed by atoms with E-state index in [1.165, 1.54) is 25.3 Å². The molecule has 0 radical (unpaired) electrons. The third-order valence-corrected chi connectivity index (χ3v) is 6.81. The monoisotopic (exact) mass is 348 g/mol. The van der Waals surface area contributed by atoms with Crippen molar-refractivity contribution in [2.45, 2.75) is 42.4 Å². The van der Waals surface area contributed by atoms with Crippen LogP contribution in [0.25, 0.3) is 0 Å². The first-order chi connectivity index (χ1) is 9.99. The van der Waals surface area contributed by atoms with Gasteiger partial charge in [-0.05, 0) is 25.0 Å². The van der Waals surface area contributed by atoms with Gasteiger partial charge in [0.1, 0.15) is 9.20 Å². The van der Waals surface area contributed by atoms with Crippen molar-refractivity contribution in [2.75, 3.05) is 13.2 Å². The quantitative estimate of drug-likeness (QED) is 0.582. The predicted octanol–water partition coefficient (Wildman–Crippen LogP) is 2.01. The standard InChI is InChI=1S/C13H20N2O3S3/c14-13(19)11-6-7-12(20-11)21(16,17)15-8-9-18-10-4-2-1-3-5-10/h6-7,10,15H,1-5,8-9H2,(H2,14,19). The average molecular weight is 349 g/mol. The fraction of sp³-hybridized carbons (Fsp3) is 0.615. The van der Waals surface area contributed by atoms with Crippen LogP contribution in [0.2, 0.25) is 0 Å². The summed E-state index contributed by atoms with van der Waals surface area (Å²) in [5.74, 6) is 0. The largest absolute Gasteiger partial charge is 0.389 e. The molecule has 8 heteroatoms. The molecule has 1 fully saturated rings. The lowest BCUT2D eigenvalue weighted by atomic mass is 9.98. The molecule has 0 amide bonds. The van der Waals surface area contributed by atoms with Gasteiger partial charge in [-0.3, -0.25) is 0 Å². The predicted molar refractivity (Wildman–Crippen MR) is 88.2 cm³/mol. The molecule has 0 aromatic carbocycles. The number of hydrogen-bond donors (Lipinski definition) is 2. The molecule has 1 aliphatic carbocycles. The Bertz CT molecular complexity index is 577. The molecule has 0 saturated heterocycles. The smallest absolute Gasteiger partial charge is 0.250 e. The van der Waals surface area contributed by atoms with Gasteiger partial charge in [0.25, 0.3) is 0 Å². The fourth-order valence-electron chi connectivity index (χ4n) is 2.30. The third-order valence-electron chi connectivity index (χ3n) is 3.39. The summed E-state index contributed by atoms with van der Waals surface area (Å²) in [5, 5.41) is 0. The molecule has 1 aliphatic rings. The lowest BCUT2D eigenvalue weighted by molar-refractivity contribution is 0.0321. The number of rotatable bonds is 7. The summed E-state index contributed by atoms with van der Waals surface area (Å²) < 4.78 is 32.6. The Morgan fingerprint density at radius 2 is 2.10 bits per heavy atom. The van der Waals surface area contributed by atoms with Crippen LogP contribution in [0.1, 0.15) is 37.0 Å². The van der Waals surface area contributed by atoms with Crippen LogP contribution in [-0.2, 0) is 14.8 Å². The average Bonchev–Trinajstić information content (AvgIpc) is 2.96. The zero-order chi connectivity index (χ0) is 15.3. The van der Waals surface area contributed by atoms with Gasteiger partial charge in [-0.2, -0.15) is 0 Å². The molecule has 0 spiro atoms. The minimum Gasteiger partial charge on any atom is -0.389 e. The van der Waals surface area contributed by atoms with Gasteiger partial charge in [-0.1, -0.05) is 31.5 Å². The first-order valence-corrected chi connectivity index (χ1v) is 9.71. The first kappa shape index (κ1) is 16.8. The summed E-state index contributed by atoms with van der Waals surface area (Å²) in [6, 6.07) is 3.14. The van der Waals surface area contributed by atoms with Gasteiger partial charge < -0.3 is 10.5 Å². The maximum Gasteiger partial charge on any atom is 0.250 e. The molecule has 21 heavy (non-hydrogen) atoms. The van der Waals surface area contributed by atoms with Crippen LogP contribution in [0.3, 0.4) is 0 Å². The number of thiophene rings is 1. The zero-order valence-electron chi connectivity index (χ0n) is 11.7. The molecular formula is C13H20N2O3S3. The van der Waals surface area contributed by atoms with E-state index in [0.29, 0.717) is 11.5 Å². The Morgan fingerprint density at radius 1 is 1.38 bits per heavy atom. The molecule has 0 aliphatic heterocycles. The number of thiocarbonyl (C=S) groups is 1. The molecule has 0 unspecified atom stereocenters. The highest BCUT2D eigenvalue weighted by molar-refractivity contribution is 7.91. The molecular weight excluding hydrogens is 328 g/mol. The highest BCUT2D eigenvalue weighted by atomic mass is 32.2. The van der Waals surface area contributed by atoms with Gasteiger partial charge in [0, 0.05) is 6.54 Å². The number of sulfonamides is 1. The van der Waals surface area contributed by atoms with Crippen molar-refractivity contribution in [2.24, 2.45) is 5.73 Å². The first-order valence-electron chi connectivity index (χ1n) is 7.00. The SMILES string of the molecule is NC(=S)c1ccc(S(=O)(=O)NCCOC2CCCCC2)s1. The van der Waals surface area contributed by atoms with E-state index in [0.717, 1.165) is 24.2 Å². The number of ether oxygens (including phenoxy) is 1. The number of nitrogens with one attached hydrogen (secondary N) is 1. The van der Waals surface area contributed by atoms with E-state index in [9.17, 15) is 8.42 Å². The Balaban J connectivity index is 1.79. The summed E-state index contributed by atoms with van der Waals surface area (Å²) in [7, 11) is -3.50. The van der Waals surface area contributed by atoms with Crippen LogP contribution in [0, 0.1) is 0 Å². The van der Waals surface area contributed by atoms with E-state index in [1.807, 2.05) is 0 Å². The van der Waals surface area contributed by atoms with Crippen molar-refractivity contribution >= 4 is 38.6 Å². The van der Waals surface area contributed by atoms with Gasteiger partial charge in [-0.25, -0.2) is 13.1 Å². The summed E-state index contributed by atoms with van der Waals surface area (Å²) in [5.41, 5.74) is 5.48. The molecule has 2 rings (SSSR count). The van der Waals surface area contributed by atoms with Crippen molar-refractivity contribution in [1.29, 1.82) is 0 Å². The molecule has 1 aromatic rings. The lowest BCUT2D eigenvalue weighted by Crippen LogP contribution is -2.29. The highest BCUT2D eigenvalue weighted by Gasteiger charge is 2.18. The zero-order valence-corrected chi connectivity index (χ0v) is 14.2. The van der Waals surface area contributed by atoms with E-state index in [2.05, 4.69) is 4.72 Å². The van der Waals surface area contributed by atoms with Gasteiger partial charge in [0.15, 0.2) is 0 Å². The van der Waals surface area contributed by atoms with E-state index in [-0.39, 0.29) is 21.8 Å². The molecule has 118 valence electrons. The Hall–Kier alpha value is -0.540. The van der Waals surface area contributed by atoms with Crippen molar-refractivity contribution in [3.05, 3.63) is 17.0 Å². The Kier molecular flexibility index (Phi) is 6.12. The van der Waals surface area contributed by atoms with Crippen molar-refractivity contribution in [3.8, 4) is 0 Å². The van der Waals surface area contributed by atoms with Gasteiger partial charge in [-0.15, -0.1) is 11.3 Å². The Labute approximate surface area is 134 Å². The van der Waals surface area contributed by atoms with Gasteiger partial charge in [0.2, 0.25) is 10.0 Å². The third kappa shape index (κ3) is 5.00. The van der Waals surface area contributed by atoms with E-state index in [1.54, 1.807) is 6.07 Å². The van der Waals surface area contributed by atoms with Crippen LogP contribution < -0.4 is 10.5 Å². The second-order valence-corrected chi connectivity index (χ2v) is 8.53. The second-order valence-electron chi connectivity index (χ2n) is 5.01. The minimum atomic E-state index is -3.50. The summed E-state index contributed by atoms with van der Waals surface area (Å²) in [4.78, 5) is 0.811. The van der Waals surface area contributed by atoms with E-state index < -0.39 is 10.0 Å². The van der Waals surface area contributed by atoms with Crippen molar-refractivity contribution in [3.63, 3.8) is 0 Å². The summed E-state index contributed by atoms with van der Waals surface area (Å²) in [6.07, 6.45) is 6.12. The van der Waals surface area contributed by atoms with Crippen molar-refractivity contribution in [1.82, 2.24) is 4.72 Å². The topological polar surface area (TPSA) is 81.4 Å². The lowest BCUT2D eigenvalue weighted by Gasteiger charge is -2.21. The van der Waals surface area contributed by atoms with E-state index >= 15 is 0 Å². The van der Waals surface area contributed by atoms with Crippen LogP contribution >= 0.6 is 23.6 Å². The van der Waals surface area contributed by atoms with Crippen LogP contribution in [0.15, 0.2) is 16.3 Å². The molecule has 0 atom stereocenters. The molecule has 3 N–H and O–H groups in total. The maximum atomic E-state index is 12.1. The molecule has 5 nitrogen and oxygen atoms in total. The number of nitrogens with two attached hydrogens (primary N) is 1. The molecule has 1 saturated carbocycles. The maximum absolute atomic E-state index is 12.1. The normalized spacial score (nSPS) is 17.0. The Morgan fingerprint density at radius 3 is 2.71 bits per heavy atom. The molecule has 0 bridgehead atoms. The van der Waals surface area contributed by atoms with Crippen LogP contribution in [-0.4, -0.2) is 32.7 Å². The molecule has 1 aromatic heterocycles.